The van der Waals surface area contributed by atoms with E-state index in [9.17, 15) is 9.90 Å². The minimum Gasteiger partial charge on any atom is -0.484 e. The number of β-amino-alcohol motifs (C(OH)–C–C–N with tert-alkyl or cyclic N) is 1. The molecule has 3 N–H and O–H groups in total. The van der Waals surface area contributed by atoms with Gasteiger partial charge in [-0.05, 0) is 18.6 Å². The molecular weight excluding hydrogens is 524 g/mol. The number of rotatable bonds is 10. The van der Waals surface area contributed by atoms with Crippen LogP contribution in [0.5, 0.6) is 5.75 Å². The van der Waals surface area contributed by atoms with Crippen LogP contribution in [0.15, 0.2) is 48.9 Å². The van der Waals surface area contributed by atoms with Gasteiger partial charge in [-0.2, -0.15) is 0 Å². The topological polar surface area (TPSA) is 110 Å². The number of carbonyl (C=O) groups is 1. The number of aromatic nitrogens is 3. The van der Waals surface area contributed by atoms with E-state index in [1.165, 1.54) is 11.3 Å². The summed E-state index contributed by atoms with van der Waals surface area (Å²) in [6, 6.07) is 11.4. The van der Waals surface area contributed by atoms with Gasteiger partial charge in [0.05, 0.1) is 24.0 Å². The Hall–Kier alpha value is -3.02. The molecule has 1 saturated heterocycles. The second kappa shape index (κ2) is 11.8. The Bertz CT molecular complexity index is 1420. The first-order valence-electron chi connectivity index (χ1n) is 12.7. The second-order valence-electron chi connectivity index (χ2n) is 9.30. The van der Waals surface area contributed by atoms with Crippen molar-refractivity contribution < 1.29 is 14.6 Å². The lowest BCUT2D eigenvalue weighted by Crippen LogP contribution is -2.46. The Balaban J connectivity index is 1.40. The second-order valence-corrected chi connectivity index (χ2v) is 10.7. The van der Waals surface area contributed by atoms with Gasteiger partial charge in [0.15, 0.2) is 0 Å². The highest BCUT2D eigenvalue weighted by Crippen LogP contribution is 2.38. The number of amides is 1. The van der Waals surface area contributed by atoms with Crippen LogP contribution in [0.4, 0.5) is 0 Å². The number of fused-ring (bicyclic) bond motifs is 1. The first-order chi connectivity index (χ1) is 18.5. The zero-order valence-corrected chi connectivity index (χ0v) is 22.8. The molecule has 1 amide bonds. The first kappa shape index (κ1) is 26.6. The predicted molar refractivity (Wildman–Crippen MR) is 149 cm³/mol. The monoisotopic (exact) mass is 554 g/mol. The summed E-state index contributed by atoms with van der Waals surface area (Å²) in [6.45, 7) is 7.37. The fourth-order valence-corrected chi connectivity index (χ4v) is 5.94. The van der Waals surface area contributed by atoms with Crippen molar-refractivity contribution in [2.75, 3.05) is 39.3 Å². The minimum atomic E-state index is -0.544. The number of thiophene rings is 1. The molecule has 4 heterocycles. The third-order valence-electron chi connectivity index (χ3n) is 6.80. The summed E-state index contributed by atoms with van der Waals surface area (Å²) in [5.41, 5.74) is 9.22. The molecule has 200 valence electrons. The lowest BCUT2D eigenvalue weighted by molar-refractivity contribution is 0.0997. The van der Waals surface area contributed by atoms with Gasteiger partial charge in [0.2, 0.25) is 0 Å². The van der Waals surface area contributed by atoms with Crippen molar-refractivity contribution in [2.24, 2.45) is 5.73 Å². The molecule has 1 aromatic carbocycles. The molecule has 0 aliphatic carbocycles. The van der Waals surface area contributed by atoms with Crippen LogP contribution in [0, 0.1) is 0 Å². The van der Waals surface area contributed by atoms with Crippen LogP contribution >= 0.6 is 22.9 Å². The van der Waals surface area contributed by atoms with E-state index in [0.717, 1.165) is 60.0 Å². The summed E-state index contributed by atoms with van der Waals surface area (Å²) < 4.78 is 8.26. The van der Waals surface area contributed by atoms with Crippen LogP contribution in [0.3, 0.4) is 0 Å². The number of hydrogen-bond donors (Lipinski definition) is 2. The zero-order valence-electron chi connectivity index (χ0n) is 21.2. The van der Waals surface area contributed by atoms with E-state index in [-0.39, 0.29) is 12.7 Å². The van der Waals surface area contributed by atoms with E-state index in [0.29, 0.717) is 28.6 Å². The fraction of sp³-hybridized carbons (Fsp3) is 0.370. The Morgan fingerprint density at radius 2 is 1.95 bits per heavy atom. The van der Waals surface area contributed by atoms with Gasteiger partial charge >= 0.3 is 0 Å². The number of ether oxygens (including phenoxy) is 1. The molecule has 0 bridgehead atoms. The smallest absolute Gasteiger partial charge is 0.262 e. The summed E-state index contributed by atoms with van der Waals surface area (Å²) in [7, 11) is 0. The average molecular weight is 555 g/mol. The Kier molecular flexibility index (Phi) is 8.25. The van der Waals surface area contributed by atoms with Gasteiger partial charge in [-0.1, -0.05) is 36.7 Å². The molecule has 11 heteroatoms. The van der Waals surface area contributed by atoms with E-state index >= 15 is 0 Å². The summed E-state index contributed by atoms with van der Waals surface area (Å²) in [5.74, 6) is -0.112. The highest BCUT2D eigenvalue weighted by Gasteiger charge is 2.23. The number of pyridine rings is 1. The number of nitrogens with zero attached hydrogens (tertiary/aromatic N) is 5. The average Bonchev–Trinajstić information content (AvgIpc) is 3.53. The molecule has 38 heavy (non-hydrogen) atoms. The largest absolute Gasteiger partial charge is 0.484 e. The number of benzene rings is 1. The molecule has 1 aliphatic heterocycles. The fourth-order valence-electron chi connectivity index (χ4n) is 4.75. The summed E-state index contributed by atoms with van der Waals surface area (Å²) in [6.07, 6.45) is 3.87. The SMILES string of the molecule is CCC(Oc1cc(-n2cnc3cnc(CN4CCN(CCO)CC4)cc32)sc1C(N)=O)c1ccccc1Cl. The summed E-state index contributed by atoms with van der Waals surface area (Å²) >= 11 is 7.69. The molecule has 9 nitrogen and oxygen atoms in total. The van der Waals surface area contributed by atoms with E-state index in [1.807, 2.05) is 47.9 Å². The van der Waals surface area contributed by atoms with Crippen LogP contribution in [-0.2, 0) is 6.54 Å². The highest BCUT2D eigenvalue weighted by atomic mass is 35.5. The summed E-state index contributed by atoms with van der Waals surface area (Å²) in [4.78, 5) is 26.5. The van der Waals surface area contributed by atoms with Gasteiger partial charge in [-0.25, -0.2) is 4.98 Å². The van der Waals surface area contributed by atoms with E-state index in [1.54, 1.807) is 12.5 Å². The lowest BCUT2D eigenvalue weighted by atomic mass is 10.1. The first-order valence-corrected chi connectivity index (χ1v) is 13.9. The molecule has 4 aromatic rings. The molecule has 1 aliphatic rings. The zero-order chi connectivity index (χ0) is 26.6. The molecule has 0 saturated carbocycles. The van der Waals surface area contributed by atoms with Crippen molar-refractivity contribution in [3.8, 4) is 10.8 Å². The van der Waals surface area contributed by atoms with Crippen molar-refractivity contribution in [1.82, 2.24) is 24.3 Å². The van der Waals surface area contributed by atoms with Crippen molar-refractivity contribution in [2.45, 2.75) is 26.0 Å². The number of imidazole rings is 1. The Morgan fingerprint density at radius 3 is 2.66 bits per heavy atom. The number of hydrogen-bond acceptors (Lipinski definition) is 8. The predicted octanol–water partition coefficient (Wildman–Crippen LogP) is 3.87. The van der Waals surface area contributed by atoms with Crippen molar-refractivity contribution in [1.29, 1.82) is 0 Å². The maximum atomic E-state index is 12.4. The molecule has 1 fully saturated rings. The maximum absolute atomic E-state index is 12.4. The number of piperazine rings is 1. The number of aliphatic hydroxyl groups excluding tert-OH is 1. The molecule has 1 unspecified atom stereocenters. The molecule has 0 spiro atoms. The quantitative estimate of drug-likeness (QED) is 0.306. The molecule has 1 atom stereocenters. The van der Waals surface area contributed by atoms with Crippen molar-refractivity contribution in [3.63, 3.8) is 0 Å². The van der Waals surface area contributed by atoms with Gasteiger partial charge in [0.25, 0.3) is 5.91 Å². The normalized spacial score (nSPS) is 15.7. The number of nitrogens with two attached hydrogens (primary N) is 1. The molecule has 0 radical (unpaired) electrons. The number of aliphatic hydroxyl groups is 1. The Morgan fingerprint density at radius 1 is 1.18 bits per heavy atom. The highest BCUT2D eigenvalue weighted by molar-refractivity contribution is 7.16. The van der Waals surface area contributed by atoms with Gasteiger partial charge in [0.1, 0.15) is 33.6 Å². The van der Waals surface area contributed by atoms with Crippen LogP contribution in [0.1, 0.15) is 40.4 Å². The van der Waals surface area contributed by atoms with E-state index in [4.69, 9.17) is 22.1 Å². The number of primary amides is 1. The molecule has 5 rings (SSSR count). The maximum Gasteiger partial charge on any atom is 0.262 e. The standard InChI is InChI=1S/C27H31ClN6O3S/c1-2-23(19-5-3-4-6-20(19)28)37-24-14-25(38-26(24)27(29)36)34-17-31-21-15-30-18(13-22(21)34)16-33-9-7-32(8-10-33)11-12-35/h3-6,13-15,17,23,35H,2,7-12,16H2,1H3,(H2,29,36). The van der Waals surface area contributed by atoms with Gasteiger partial charge in [-0.3, -0.25) is 24.1 Å². The third kappa shape index (κ3) is 5.69. The van der Waals surface area contributed by atoms with E-state index in [2.05, 4.69) is 19.8 Å². The molecule has 3 aromatic heterocycles. The molecular formula is C27H31ClN6O3S. The van der Waals surface area contributed by atoms with Crippen LogP contribution in [-0.4, -0.2) is 74.7 Å². The minimum absolute atomic E-state index is 0.189. The van der Waals surface area contributed by atoms with Gasteiger partial charge in [0, 0.05) is 55.9 Å². The third-order valence-corrected chi connectivity index (χ3v) is 8.27. The van der Waals surface area contributed by atoms with Crippen LogP contribution < -0.4 is 10.5 Å². The van der Waals surface area contributed by atoms with Crippen molar-refractivity contribution >= 4 is 39.9 Å². The van der Waals surface area contributed by atoms with Gasteiger partial charge < -0.3 is 15.6 Å². The van der Waals surface area contributed by atoms with Crippen LogP contribution in [0.25, 0.3) is 16.0 Å². The van der Waals surface area contributed by atoms with Crippen LogP contribution in [0.2, 0.25) is 5.02 Å². The number of carbonyl (C=O) groups excluding carboxylic acids is 1. The summed E-state index contributed by atoms with van der Waals surface area (Å²) in [5, 5.41) is 10.6. The van der Waals surface area contributed by atoms with Gasteiger partial charge in [-0.15, -0.1) is 11.3 Å². The Labute approximate surface area is 230 Å². The lowest BCUT2D eigenvalue weighted by Gasteiger charge is -2.34. The number of halogens is 1. The van der Waals surface area contributed by atoms with Crippen molar-refractivity contribution in [3.05, 3.63) is 70.1 Å². The van der Waals surface area contributed by atoms with E-state index < -0.39 is 5.91 Å².